The second-order valence-electron chi connectivity index (χ2n) is 3.52. The van der Waals surface area contributed by atoms with Crippen molar-refractivity contribution in [2.75, 3.05) is 0 Å². The molecule has 0 spiro atoms. The van der Waals surface area contributed by atoms with Gasteiger partial charge in [-0.25, -0.2) is 0 Å². The van der Waals surface area contributed by atoms with Gasteiger partial charge in [0, 0.05) is 5.02 Å². The Morgan fingerprint density at radius 3 is 2.94 bits per heavy atom. The third-order valence-electron chi connectivity index (χ3n) is 2.52. The molecule has 2 aromatic rings. The van der Waals surface area contributed by atoms with Gasteiger partial charge in [-0.2, -0.15) is 0 Å². The van der Waals surface area contributed by atoms with Crippen molar-refractivity contribution in [1.82, 2.24) is 14.8 Å². The molecule has 1 unspecified atom stereocenters. The topological polar surface area (TPSA) is 30.7 Å². The molecule has 1 aromatic heterocycles. The molecule has 16 heavy (non-hydrogen) atoms. The zero-order chi connectivity index (χ0) is 11.5. The molecule has 5 heteroatoms. The highest BCUT2D eigenvalue weighted by Gasteiger charge is 2.12. The van der Waals surface area contributed by atoms with E-state index in [1.54, 1.807) is 6.33 Å². The molecule has 1 heterocycles. The molecule has 0 fully saturated rings. The van der Waals surface area contributed by atoms with Crippen LogP contribution in [0.25, 0.3) is 0 Å². The number of benzene rings is 1. The predicted molar refractivity (Wildman–Crippen MR) is 64.8 cm³/mol. The van der Waals surface area contributed by atoms with E-state index in [4.69, 9.17) is 23.2 Å². The second kappa shape index (κ2) is 4.85. The van der Waals surface area contributed by atoms with Gasteiger partial charge in [-0.15, -0.1) is 21.8 Å². The minimum Gasteiger partial charge on any atom is -0.309 e. The molecule has 0 saturated heterocycles. The number of hydrogen-bond acceptors (Lipinski definition) is 2. The summed E-state index contributed by atoms with van der Waals surface area (Å²) in [6.45, 7) is 2.06. The first kappa shape index (κ1) is 11.4. The number of hydrogen-bond donors (Lipinski definition) is 0. The highest BCUT2D eigenvalue weighted by molar-refractivity contribution is 6.30. The molecule has 0 aliphatic carbocycles. The Morgan fingerprint density at radius 1 is 1.44 bits per heavy atom. The molecule has 0 aliphatic rings. The lowest BCUT2D eigenvalue weighted by atomic mass is 10.1. The summed E-state index contributed by atoms with van der Waals surface area (Å²) in [5.74, 6) is 1.11. The minimum atomic E-state index is 0.127. The van der Waals surface area contributed by atoms with Crippen LogP contribution in [-0.2, 0) is 5.88 Å². The summed E-state index contributed by atoms with van der Waals surface area (Å²) in [5.41, 5.74) is 1.11. The van der Waals surface area contributed by atoms with E-state index >= 15 is 0 Å². The predicted octanol–water partition coefficient (Wildman–Crippen LogP) is 3.28. The molecule has 1 atom stereocenters. The third kappa shape index (κ3) is 2.20. The van der Waals surface area contributed by atoms with Crippen molar-refractivity contribution >= 4 is 23.2 Å². The van der Waals surface area contributed by atoms with E-state index in [1.165, 1.54) is 0 Å². The van der Waals surface area contributed by atoms with Gasteiger partial charge < -0.3 is 4.57 Å². The summed E-state index contributed by atoms with van der Waals surface area (Å²) < 4.78 is 1.94. The Labute approximate surface area is 104 Å². The third-order valence-corrected chi connectivity index (χ3v) is 2.99. The molecular weight excluding hydrogens is 245 g/mol. The number of rotatable bonds is 3. The first-order chi connectivity index (χ1) is 7.72. The highest BCUT2D eigenvalue weighted by atomic mass is 35.5. The lowest BCUT2D eigenvalue weighted by Crippen LogP contribution is -2.08. The Bertz CT molecular complexity index is 482. The molecule has 0 bridgehead atoms. The van der Waals surface area contributed by atoms with Gasteiger partial charge in [-0.3, -0.25) is 0 Å². The Hall–Kier alpha value is -1.06. The van der Waals surface area contributed by atoms with E-state index in [0.29, 0.717) is 5.88 Å². The summed E-state index contributed by atoms with van der Waals surface area (Å²) >= 11 is 11.7. The van der Waals surface area contributed by atoms with Gasteiger partial charge in [0.25, 0.3) is 0 Å². The van der Waals surface area contributed by atoms with Crippen molar-refractivity contribution in [2.24, 2.45) is 0 Å². The lowest BCUT2D eigenvalue weighted by molar-refractivity contribution is 0.614. The maximum atomic E-state index is 5.96. The molecule has 2 rings (SSSR count). The van der Waals surface area contributed by atoms with E-state index in [0.717, 1.165) is 16.4 Å². The lowest BCUT2D eigenvalue weighted by Gasteiger charge is -2.15. The van der Waals surface area contributed by atoms with Crippen LogP contribution in [0.2, 0.25) is 5.02 Å². The number of nitrogens with zero attached hydrogens (tertiary/aromatic N) is 3. The van der Waals surface area contributed by atoms with Gasteiger partial charge in [-0.1, -0.05) is 23.7 Å². The zero-order valence-electron chi connectivity index (χ0n) is 8.77. The molecule has 84 valence electrons. The van der Waals surface area contributed by atoms with Crippen LogP contribution >= 0.6 is 23.2 Å². The second-order valence-corrected chi connectivity index (χ2v) is 4.22. The quantitative estimate of drug-likeness (QED) is 0.789. The van der Waals surface area contributed by atoms with Gasteiger partial charge in [0.05, 0.1) is 11.9 Å². The zero-order valence-corrected chi connectivity index (χ0v) is 10.3. The number of halogens is 2. The summed E-state index contributed by atoms with van der Waals surface area (Å²) in [4.78, 5) is 0. The normalized spacial score (nSPS) is 12.7. The Morgan fingerprint density at radius 2 is 2.25 bits per heavy atom. The van der Waals surface area contributed by atoms with Gasteiger partial charge in [-0.05, 0) is 24.6 Å². The van der Waals surface area contributed by atoms with Gasteiger partial charge in [0.2, 0.25) is 0 Å². The summed E-state index contributed by atoms with van der Waals surface area (Å²) in [6, 6.07) is 7.87. The molecule has 3 nitrogen and oxygen atoms in total. The van der Waals surface area contributed by atoms with Crippen LogP contribution in [0, 0.1) is 0 Å². The minimum absolute atomic E-state index is 0.127. The highest BCUT2D eigenvalue weighted by Crippen LogP contribution is 2.22. The number of alkyl halides is 1. The van der Waals surface area contributed by atoms with Crippen LogP contribution < -0.4 is 0 Å². The smallest absolute Gasteiger partial charge is 0.148 e. The largest absolute Gasteiger partial charge is 0.309 e. The van der Waals surface area contributed by atoms with Crippen molar-refractivity contribution < 1.29 is 0 Å². The fourth-order valence-corrected chi connectivity index (χ4v) is 2.00. The van der Waals surface area contributed by atoms with Crippen molar-refractivity contribution in [1.29, 1.82) is 0 Å². The summed E-state index contributed by atoms with van der Waals surface area (Å²) in [5, 5.41) is 8.54. The van der Waals surface area contributed by atoms with E-state index in [-0.39, 0.29) is 6.04 Å². The van der Waals surface area contributed by atoms with Crippen molar-refractivity contribution in [2.45, 2.75) is 18.8 Å². The van der Waals surface area contributed by atoms with Crippen molar-refractivity contribution in [3.63, 3.8) is 0 Å². The summed E-state index contributed by atoms with van der Waals surface area (Å²) in [7, 11) is 0. The van der Waals surface area contributed by atoms with Crippen LogP contribution in [0.15, 0.2) is 30.6 Å². The first-order valence-electron chi connectivity index (χ1n) is 4.92. The fourth-order valence-electron chi connectivity index (χ4n) is 1.61. The van der Waals surface area contributed by atoms with Gasteiger partial charge >= 0.3 is 0 Å². The molecule has 0 radical (unpaired) electrons. The maximum absolute atomic E-state index is 5.96. The Balaban J connectivity index is 2.35. The monoisotopic (exact) mass is 255 g/mol. The van der Waals surface area contributed by atoms with Crippen LogP contribution in [0.5, 0.6) is 0 Å². The number of aromatic nitrogens is 3. The van der Waals surface area contributed by atoms with Gasteiger partial charge in [0.15, 0.2) is 0 Å². The fraction of sp³-hybridized carbons (Fsp3) is 0.273. The van der Waals surface area contributed by atoms with Crippen molar-refractivity contribution in [3.8, 4) is 0 Å². The molecular formula is C11H11Cl2N3. The first-order valence-corrected chi connectivity index (χ1v) is 5.83. The van der Waals surface area contributed by atoms with E-state index in [1.807, 2.05) is 28.8 Å². The van der Waals surface area contributed by atoms with Crippen LogP contribution in [0.4, 0.5) is 0 Å². The van der Waals surface area contributed by atoms with Crippen LogP contribution in [0.3, 0.4) is 0 Å². The molecule has 0 amide bonds. The van der Waals surface area contributed by atoms with Gasteiger partial charge in [0.1, 0.15) is 12.2 Å². The van der Waals surface area contributed by atoms with Crippen LogP contribution in [0.1, 0.15) is 24.4 Å². The standard InChI is InChI=1S/C11H11Cl2N3/c1-8(9-3-2-4-10(13)5-9)16-7-14-15-11(16)6-12/h2-5,7-8H,6H2,1H3. The molecule has 0 aliphatic heterocycles. The maximum Gasteiger partial charge on any atom is 0.148 e. The average molecular weight is 256 g/mol. The Kier molecular flexibility index (Phi) is 3.46. The van der Waals surface area contributed by atoms with Crippen LogP contribution in [-0.4, -0.2) is 14.8 Å². The van der Waals surface area contributed by atoms with E-state index in [9.17, 15) is 0 Å². The summed E-state index contributed by atoms with van der Waals surface area (Å²) in [6.07, 6.45) is 1.68. The molecule has 1 aromatic carbocycles. The van der Waals surface area contributed by atoms with E-state index in [2.05, 4.69) is 17.1 Å². The van der Waals surface area contributed by atoms with E-state index < -0.39 is 0 Å². The molecule has 0 N–H and O–H groups in total. The SMILES string of the molecule is CC(c1cccc(Cl)c1)n1cnnc1CCl. The average Bonchev–Trinajstić information content (AvgIpc) is 2.76. The molecule has 0 saturated carbocycles. The van der Waals surface area contributed by atoms with Crippen molar-refractivity contribution in [3.05, 3.63) is 47.0 Å².